The van der Waals surface area contributed by atoms with Gasteiger partial charge in [0.2, 0.25) is 0 Å². The van der Waals surface area contributed by atoms with Gasteiger partial charge in [0.25, 0.3) is 0 Å². The molecule has 0 aliphatic carbocycles. The molecular formula is C10H13NO2. The highest BCUT2D eigenvalue weighted by molar-refractivity contribution is 5.23. The van der Waals surface area contributed by atoms with Crippen LogP contribution in [0.5, 0.6) is 0 Å². The summed E-state index contributed by atoms with van der Waals surface area (Å²) in [7, 11) is 0. The average Bonchev–Trinajstić information content (AvgIpc) is 2.71. The van der Waals surface area contributed by atoms with Crippen molar-refractivity contribution in [3.63, 3.8) is 0 Å². The number of nitrogens with two attached hydrogens (primary N) is 1. The van der Waals surface area contributed by atoms with Gasteiger partial charge in [0, 0.05) is 5.56 Å². The molecule has 1 aliphatic heterocycles. The van der Waals surface area contributed by atoms with Crippen molar-refractivity contribution in [1.82, 2.24) is 0 Å². The van der Waals surface area contributed by atoms with Crippen molar-refractivity contribution >= 4 is 0 Å². The lowest BCUT2D eigenvalue weighted by Gasteiger charge is -2.18. The van der Waals surface area contributed by atoms with Crippen LogP contribution in [0.4, 0.5) is 0 Å². The Hall–Kier alpha value is -1.22. The van der Waals surface area contributed by atoms with E-state index in [0.717, 1.165) is 30.6 Å². The largest absolute Gasteiger partial charge is 0.501 e. The maximum Gasteiger partial charge on any atom is 0.0953 e. The van der Waals surface area contributed by atoms with E-state index in [1.165, 1.54) is 0 Å². The van der Waals surface area contributed by atoms with E-state index in [1.807, 2.05) is 6.07 Å². The summed E-state index contributed by atoms with van der Waals surface area (Å²) >= 11 is 0. The highest BCUT2D eigenvalue weighted by Crippen LogP contribution is 2.25. The van der Waals surface area contributed by atoms with Crippen LogP contribution in [-0.4, -0.2) is 6.61 Å². The summed E-state index contributed by atoms with van der Waals surface area (Å²) in [5, 5.41) is 0. The third-order valence-electron chi connectivity index (χ3n) is 2.26. The Bertz CT molecular complexity index is 290. The Morgan fingerprint density at radius 3 is 3.00 bits per heavy atom. The molecule has 1 aromatic rings. The number of ether oxygens (including phenoxy) is 1. The van der Waals surface area contributed by atoms with Gasteiger partial charge in [0.1, 0.15) is 0 Å². The van der Waals surface area contributed by atoms with Crippen LogP contribution in [0.3, 0.4) is 0 Å². The molecule has 1 atom stereocenters. The van der Waals surface area contributed by atoms with Crippen molar-refractivity contribution in [3.8, 4) is 0 Å². The van der Waals surface area contributed by atoms with Crippen LogP contribution in [0.15, 0.2) is 34.8 Å². The normalized spacial score (nSPS) is 19.0. The van der Waals surface area contributed by atoms with Gasteiger partial charge in [0.05, 0.1) is 31.4 Å². The minimum Gasteiger partial charge on any atom is -0.501 e. The monoisotopic (exact) mass is 179 g/mol. The van der Waals surface area contributed by atoms with Crippen LogP contribution in [0.2, 0.25) is 0 Å². The first-order valence-corrected chi connectivity index (χ1v) is 4.46. The van der Waals surface area contributed by atoms with E-state index in [9.17, 15) is 0 Å². The van der Waals surface area contributed by atoms with E-state index in [4.69, 9.17) is 14.9 Å². The molecule has 0 spiro atoms. The first kappa shape index (κ1) is 8.38. The summed E-state index contributed by atoms with van der Waals surface area (Å²) in [5.74, 6) is 0. The fourth-order valence-corrected chi connectivity index (χ4v) is 1.48. The lowest BCUT2D eigenvalue weighted by molar-refractivity contribution is 0.221. The molecule has 1 unspecified atom stereocenters. The molecule has 2 heterocycles. The third-order valence-corrected chi connectivity index (χ3v) is 2.26. The molecule has 0 bridgehead atoms. The second-order valence-corrected chi connectivity index (χ2v) is 3.20. The summed E-state index contributed by atoms with van der Waals surface area (Å²) in [6, 6.07) is 1.82. The summed E-state index contributed by atoms with van der Waals surface area (Å²) < 4.78 is 10.2. The smallest absolute Gasteiger partial charge is 0.0953 e. The molecule has 70 valence electrons. The molecule has 3 nitrogen and oxygen atoms in total. The molecule has 13 heavy (non-hydrogen) atoms. The molecule has 1 aliphatic rings. The van der Waals surface area contributed by atoms with Gasteiger partial charge in [-0.25, -0.2) is 0 Å². The Labute approximate surface area is 77.2 Å². The highest BCUT2D eigenvalue weighted by atomic mass is 16.5. The maximum atomic E-state index is 6.01. The van der Waals surface area contributed by atoms with Gasteiger partial charge in [0.15, 0.2) is 0 Å². The molecule has 3 heteroatoms. The predicted octanol–water partition coefficient (Wildman–Crippen LogP) is 1.97. The standard InChI is InChI=1S/C10H13NO2/c11-10(9-3-5-13-7-9)8-2-1-4-12-6-8/h3,5-7,10H,1-2,4,11H2. The van der Waals surface area contributed by atoms with E-state index < -0.39 is 0 Å². The van der Waals surface area contributed by atoms with Crippen LogP contribution in [0.25, 0.3) is 0 Å². The minimum absolute atomic E-state index is 0.0703. The van der Waals surface area contributed by atoms with Gasteiger partial charge in [-0.2, -0.15) is 0 Å². The van der Waals surface area contributed by atoms with Crippen molar-refractivity contribution in [3.05, 3.63) is 36.0 Å². The second-order valence-electron chi connectivity index (χ2n) is 3.20. The Morgan fingerprint density at radius 2 is 2.38 bits per heavy atom. The quantitative estimate of drug-likeness (QED) is 0.755. The highest BCUT2D eigenvalue weighted by Gasteiger charge is 2.15. The van der Waals surface area contributed by atoms with Crippen molar-refractivity contribution in [2.45, 2.75) is 18.9 Å². The fourth-order valence-electron chi connectivity index (χ4n) is 1.48. The number of hydrogen-bond donors (Lipinski definition) is 1. The summed E-state index contributed by atoms with van der Waals surface area (Å²) in [6.45, 7) is 0.807. The van der Waals surface area contributed by atoms with Gasteiger partial charge in [-0.15, -0.1) is 0 Å². The summed E-state index contributed by atoms with van der Waals surface area (Å²) in [4.78, 5) is 0. The molecule has 0 saturated carbocycles. The zero-order valence-corrected chi connectivity index (χ0v) is 7.40. The maximum absolute atomic E-state index is 6.01. The number of rotatable bonds is 2. The Morgan fingerprint density at radius 1 is 1.46 bits per heavy atom. The van der Waals surface area contributed by atoms with Crippen LogP contribution in [0.1, 0.15) is 24.4 Å². The Balaban J connectivity index is 2.12. The lowest BCUT2D eigenvalue weighted by Crippen LogP contribution is -2.15. The number of hydrogen-bond acceptors (Lipinski definition) is 3. The van der Waals surface area contributed by atoms with Crippen LogP contribution >= 0.6 is 0 Å². The average molecular weight is 179 g/mol. The van der Waals surface area contributed by atoms with E-state index in [2.05, 4.69) is 0 Å². The van der Waals surface area contributed by atoms with E-state index in [0.29, 0.717) is 0 Å². The molecule has 0 radical (unpaired) electrons. The van der Waals surface area contributed by atoms with Crippen molar-refractivity contribution in [1.29, 1.82) is 0 Å². The van der Waals surface area contributed by atoms with Gasteiger partial charge in [-0.1, -0.05) is 0 Å². The topological polar surface area (TPSA) is 48.4 Å². The summed E-state index contributed by atoms with van der Waals surface area (Å²) in [5.41, 5.74) is 8.16. The molecule has 2 rings (SSSR count). The van der Waals surface area contributed by atoms with E-state index in [-0.39, 0.29) is 6.04 Å². The van der Waals surface area contributed by atoms with E-state index >= 15 is 0 Å². The van der Waals surface area contributed by atoms with Gasteiger partial charge >= 0.3 is 0 Å². The van der Waals surface area contributed by atoms with E-state index in [1.54, 1.807) is 18.8 Å². The lowest BCUT2D eigenvalue weighted by atomic mass is 9.98. The molecule has 0 aromatic carbocycles. The minimum atomic E-state index is -0.0703. The first-order chi connectivity index (χ1) is 6.38. The molecule has 0 saturated heterocycles. The van der Waals surface area contributed by atoms with Gasteiger partial charge in [-0.05, 0) is 24.5 Å². The zero-order valence-electron chi connectivity index (χ0n) is 7.40. The molecular weight excluding hydrogens is 166 g/mol. The van der Waals surface area contributed by atoms with Crippen LogP contribution in [0, 0.1) is 0 Å². The molecule has 1 aromatic heterocycles. The SMILES string of the molecule is NC(C1=COCCC1)c1ccoc1. The van der Waals surface area contributed by atoms with Crippen LogP contribution in [-0.2, 0) is 4.74 Å². The number of furan rings is 1. The van der Waals surface area contributed by atoms with Crippen molar-refractivity contribution in [2.24, 2.45) is 5.73 Å². The second kappa shape index (κ2) is 3.66. The summed E-state index contributed by atoms with van der Waals surface area (Å²) in [6.07, 6.45) is 7.17. The zero-order chi connectivity index (χ0) is 9.10. The molecule has 0 amide bonds. The van der Waals surface area contributed by atoms with Crippen molar-refractivity contribution in [2.75, 3.05) is 6.61 Å². The first-order valence-electron chi connectivity index (χ1n) is 4.46. The molecule has 0 fully saturated rings. The fraction of sp³-hybridized carbons (Fsp3) is 0.400. The predicted molar refractivity (Wildman–Crippen MR) is 48.9 cm³/mol. The van der Waals surface area contributed by atoms with Gasteiger partial charge in [-0.3, -0.25) is 0 Å². The third kappa shape index (κ3) is 1.75. The Kier molecular flexibility index (Phi) is 2.36. The van der Waals surface area contributed by atoms with Crippen molar-refractivity contribution < 1.29 is 9.15 Å². The van der Waals surface area contributed by atoms with Gasteiger partial charge < -0.3 is 14.9 Å². The molecule has 2 N–H and O–H groups in total. The van der Waals surface area contributed by atoms with Crippen LogP contribution < -0.4 is 5.73 Å².